The van der Waals surface area contributed by atoms with Crippen LogP contribution in [0.5, 0.6) is 0 Å². The molecule has 0 aliphatic heterocycles. The number of halogens is 2. The highest BCUT2D eigenvalue weighted by atomic mass is 79.9. The van der Waals surface area contributed by atoms with Crippen LogP contribution in [-0.4, -0.2) is 10.8 Å². The van der Waals surface area contributed by atoms with Crippen LogP contribution in [0, 0.1) is 0 Å². The molecule has 0 unspecified atom stereocenters. The van der Waals surface area contributed by atoms with Crippen LogP contribution in [0.2, 0.25) is 5.02 Å². The maximum Gasteiger partial charge on any atom is 0.256 e. The van der Waals surface area contributed by atoms with E-state index in [1.165, 1.54) is 0 Å². The Hall–Kier alpha value is -2.10. The van der Waals surface area contributed by atoms with Gasteiger partial charge in [-0.15, -0.1) is 0 Å². The third kappa shape index (κ3) is 4.71. The highest BCUT2D eigenvalue weighted by Crippen LogP contribution is 2.24. The van der Waals surface area contributed by atoms with Gasteiger partial charge < -0.3 is 4.90 Å². The predicted octanol–water partition coefficient (Wildman–Crippen LogP) is 5.95. The zero-order chi connectivity index (χ0) is 17.6. The molecule has 25 heavy (non-hydrogen) atoms. The van der Waals surface area contributed by atoms with E-state index >= 15 is 0 Å². The van der Waals surface area contributed by atoms with Crippen molar-refractivity contribution >= 4 is 33.4 Å². The summed E-state index contributed by atoms with van der Waals surface area (Å²) in [4.78, 5) is 15.0. The average Bonchev–Trinajstić information content (AvgIpc) is 2.64. The molecular weight excluding hydrogens is 398 g/mol. The minimum atomic E-state index is -0.0843. The third-order valence-electron chi connectivity index (χ3n) is 3.88. The van der Waals surface area contributed by atoms with E-state index < -0.39 is 0 Å². The van der Waals surface area contributed by atoms with Crippen LogP contribution in [0.1, 0.15) is 21.5 Å². The summed E-state index contributed by atoms with van der Waals surface area (Å²) in [6, 6.07) is 25.3. The van der Waals surface area contributed by atoms with Crippen LogP contribution in [0.15, 0.2) is 83.3 Å². The van der Waals surface area contributed by atoms with Gasteiger partial charge in [0.05, 0.1) is 10.6 Å². The third-order valence-corrected chi connectivity index (χ3v) is 4.70. The number of hydrogen-bond donors (Lipinski definition) is 0. The number of carbonyl (C=O) groups excluding carboxylic acids is 1. The molecule has 2 nitrogen and oxygen atoms in total. The van der Waals surface area contributed by atoms with Crippen molar-refractivity contribution in [2.75, 3.05) is 0 Å². The Balaban J connectivity index is 1.92. The molecular formula is C21H17BrClNO. The molecule has 0 bridgehead atoms. The Bertz CT molecular complexity index is 811. The molecule has 3 rings (SSSR count). The van der Waals surface area contributed by atoms with E-state index in [1.807, 2.05) is 71.6 Å². The van der Waals surface area contributed by atoms with Gasteiger partial charge in [0.2, 0.25) is 0 Å². The molecule has 0 saturated heterocycles. The van der Waals surface area contributed by atoms with Crippen LogP contribution in [0.4, 0.5) is 0 Å². The van der Waals surface area contributed by atoms with E-state index in [2.05, 4.69) is 15.9 Å². The topological polar surface area (TPSA) is 20.3 Å². The van der Waals surface area contributed by atoms with E-state index in [-0.39, 0.29) is 5.91 Å². The normalized spacial score (nSPS) is 10.5. The maximum absolute atomic E-state index is 13.1. The number of hydrogen-bond acceptors (Lipinski definition) is 1. The van der Waals surface area contributed by atoms with Gasteiger partial charge in [0.15, 0.2) is 0 Å². The van der Waals surface area contributed by atoms with Crippen molar-refractivity contribution in [2.45, 2.75) is 13.1 Å². The monoisotopic (exact) mass is 413 g/mol. The number of rotatable bonds is 5. The molecule has 0 radical (unpaired) electrons. The summed E-state index contributed by atoms with van der Waals surface area (Å²) in [7, 11) is 0. The summed E-state index contributed by atoms with van der Waals surface area (Å²) in [5.74, 6) is -0.0843. The Labute approximate surface area is 161 Å². The predicted molar refractivity (Wildman–Crippen MR) is 106 cm³/mol. The molecule has 0 aliphatic carbocycles. The van der Waals surface area contributed by atoms with Gasteiger partial charge in [-0.25, -0.2) is 0 Å². The maximum atomic E-state index is 13.1. The van der Waals surface area contributed by atoms with Crippen LogP contribution in [-0.2, 0) is 13.1 Å². The van der Waals surface area contributed by atoms with Crippen molar-refractivity contribution in [3.05, 3.63) is 105 Å². The smallest absolute Gasteiger partial charge is 0.256 e. The molecule has 0 atom stereocenters. The highest BCUT2D eigenvalue weighted by Gasteiger charge is 2.19. The lowest BCUT2D eigenvalue weighted by Crippen LogP contribution is -2.30. The van der Waals surface area contributed by atoms with E-state index in [0.29, 0.717) is 23.7 Å². The second-order valence-corrected chi connectivity index (χ2v) is 7.08. The van der Waals surface area contributed by atoms with Gasteiger partial charge in [0.25, 0.3) is 5.91 Å². The summed E-state index contributed by atoms with van der Waals surface area (Å²) >= 11 is 9.69. The molecule has 3 aromatic rings. The molecule has 0 heterocycles. The van der Waals surface area contributed by atoms with E-state index in [4.69, 9.17) is 11.6 Å². The van der Waals surface area contributed by atoms with Crippen LogP contribution >= 0.6 is 27.5 Å². The first-order valence-corrected chi connectivity index (χ1v) is 9.13. The largest absolute Gasteiger partial charge is 0.330 e. The Kier molecular flexibility index (Phi) is 5.90. The minimum Gasteiger partial charge on any atom is -0.330 e. The summed E-state index contributed by atoms with van der Waals surface area (Å²) in [5, 5.41) is 0.458. The zero-order valence-electron chi connectivity index (χ0n) is 13.5. The fourth-order valence-electron chi connectivity index (χ4n) is 2.64. The number of benzene rings is 3. The fraction of sp³-hybridized carbons (Fsp3) is 0.0952. The van der Waals surface area contributed by atoms with Crippen molar-refractivity contribution in [3.63, 3.8) is 0 Å². The lowest BCUT2D eigenvalue weighted by atomic mass is 10.1. The van der Waals surface area contributed by atoms with Crippen molar-refractivity contribution in [1.29, 1.82) is 0 Å². The van der Waals surface area contributed by atoms with Gasteiger partial charge in [-0.2, -0.15) is 0 Å². The number of carbonyl (C=O) groups is 1. The highest BCUT2D eigenvalue weighted by molar-refractivity contribution is 9.10. The van der Waals surface area contributed by atoms with Gasteiger partial charge >= 0.3 is 0 Å². The zero-order valence-corrected chi connectivity index (χ0v) is 15.9. The minimum absolute atomic E-state index is 0.0843. The van der Waals surface area contributed by atoms with Crippen molar-refractivity contribution in [3.8, 4) is 0 Å². The summed E-state index contributed by atoms with van der Waals surface area (Å²) in [5.41, 5.74) is 2.67. The standard InChI is InChI=1S/C21H17BrClNO/c22-18-11-12-20(23)19(13-18)21(25)24(14-16-7-3-1-4-8-16)15-17-9-5-2-6-10-17/h1-13H,14-15H2. The molecule has 4 heteroatoms. The van der Waals surface area contributed by atoms with Crippen LogP contribution < -0.4 is 0 Å². The van der Waals surface area contributed by atoms with Crippen molar-refractivity contribution in [2.24, 2.45) is 0 Å². The fourth-order valence-corrected chi connectivity index (χ4v) is 3.20. The molecule has 0 fully saturated rings. The van der Waals surface area contributed by atoms with E-state index in [9.17, 15) is 4.79 Å². The molecule has 0 saturated carbocycles. The van der Waals surface area contributed by atoms with Crippen LogP contribution in [0.3, 0.4) is 0 Å². The Morgan fingerprint density at radius 1 is 0.840 bits per heavy atom. The average molecular weight is 415 g/mol. The first-order chi connectivity index (χ1) is 12.1. The van der Waals surface area contributed by atoms with Gasteiger partial charge in [-0.1, -0.05) is 88.2 Å². The molecule has 0 N–H and O–H groups in total. The second-order valence-electron chi connectivity index (χ2n) is 5.76. The van der Waals surface area contributed by atoms with Crippen molar-refractivity contribution in [1.82, 2.24) is 4.90 Å². The molecule has 0 aliphatic rings. The second kappa shape index (κ2) is 8.32. The van der Waals surface area contributed by atoms with Gasteiger partial charge in [-0.05, 0) is 29.3 Å². The molecule has 0 spiro atoms. The first-order valence-electron chi connectivity index (χ1n) is 7.95. The molecule has 3 aromatic carbocycles. The Morgan fingerprint density at radius 3 is 1.88 bits per heavy atom. The summed E-state index contributed by atoms with van der Waals surface area (Å²) in [6.07, 6.45) is 0. The molecule has 126 valence electrons. The SMILES string of the molecule is O=C(c1cc(Br)ccc1Cl)N(Cc1ccccc1)Cc1ccccc1. The molecule has 1 amide bonds. The van der Waals surface area contributed by atoms with Crippen LogP contribution in [0.25, 0.3) is 0 Å². The Morgan fingerprint density at radius 2 is 1.36 bits per heavy atom. The summed E-state index contributed by atoms with van der Waals surface area (Å²) in [6.45, 7) is 1.05. The van der Waals surface area contributed by atoms with Crippen molar-refractivity contribution < 1.29 is 4.79 Å². The van der Waals surface area contributed by atoms with Gasteiger partial charge in [0.1, 0.15) is 0 Å². The van der Waals surface area contributed by atoms with Gasteiger partial charge in [0, 0.05) is 17.6 Å². The summed E-state index contributed by atoms with van der Waals surface area (Å²) < 4.78 is 0.833. The van der Waals surface area contributed by atoms with E-state index in [1.54, 1.807) is 12.1 Å². The number of nitrogens with zero attached hydrogens (tertiary/aromatic N) is 1. The van der Waals surface area contributed by atoms with E-state index in [0.717, 1.165) is 15.6 Å². The molecule has 0 aromatic heterocycles. The lowest BCUT2D eigenvalue weighted by Gasteiger charge is -2.24. The quantitative estimate of drug-likeness (QED) is 0.505. The number of amides is 1. The van der Waals surface area contributed by atoms with Gasteiger partial charge in [-0.3, -0.25) is 4.79 Å². The lowest BCUT2D eigenvalue weighted by molar-refractivity contribution is 0.0730. The first kappa shape index (κ1) is 17.7.